The first-order valence-electron chi connectivity index (χ1n) is 1.52. The van der Waals surface area contributed by atoms with Crippen molar-refractivity contribution >= 4 is 15.9 Å². The summed E-state index contributed by atoms with van der Waals surface area (Å²) in [6.07, 6.45) is 5.44. The van der Waals surface area contributed by atoms with Crippen molar-refractivity contribution in [3.05, 3.63) is 6.42 Å². The lowest BCUT2D eigenvalue weighted by atomic mass is 10.5. The van der Waals surface area contributed by atoms with Gasteiger partial charge in [-0.05, 0) is 22.4 Å². The Morgan fingerprint density at radius 1 is 1.71 bits per heavy atom. The highest BCUT2D eigenvalue weighted by Crippen LogP contribution is 2.24. The zero-order valence-electron chi connectivity index (χ0n) is 3.34. The molecule has 7 heavy (non-hydrogen) atoms. The van der Waals surface area contributed by atoms with Gasteiger partial charge in [0, 0.05) is 0 Å². The van der Waals surface area contributed by atoms with Crippen molar-refractivity contribution < 1.29 is 8.78 Å². The average Bonchev–Trinajstić information content (AvgIpc) is 1.30. The van der Waals surface area contributed by atoms with Crippen LogP contribution in [0.25, 0.3) is 0 Å². The molecule has 0 aromatic carbocycles. The highest BCUT2D eigenvalue weighted by atomic mass is 79.9. The third-order valence-electron chi connectivity index (χ3n) is 0.289. The van der Waals surface area contributed by atoms with E-state index in [0.29, 0.717) is 0 Å². The molecule has 0 atom stereocenters. The standard InChI is InChI=1S/C4H2BrF2/c1-2-3-4(5,6)7/h3H2. The molecule has 0 spiro atoms. The van der Waals surface area contributed by atoms with E-state index < -0.39 is 11.3 Å². The van der Waals surface area contributed by atoms with Gasteiger partial charge in [-0.1, -0.05) is 5.92 Å². The minimum atomic E-state index is -2.94. The molecule has 0 aliphatic heterocycles. The van der Waals surface area contributed by atoms with Crippen molar-refractivity contribution in [1.82, 2.24) is 0 Å². The second-order valence-electron chi connectivity index (χ2n) is 0.969. The molecule has 0 nitrogen and oxygen atoms in total. The fourth-order valence-electron chi connectivity index (χ4n) is 0.100. The predicted molar refractivity (Wildman–Crippen MR) is 25.6 cm³/mol. The molecular formula is C4H2BrF2. The number of halogens is 3. The van der Waals surface area contributed by atoms with Crippen LogP contribution in [0.15, 0.2) is 0 Å². The zero-order chi connectivity index (χ0) is 5.91. The molecule has 0 aliphatic carbocycles. The molecule has 1 radical (unpaired) electrons. The van der Waals surface area contributed by atoms with Gasteiger partial charge >= 0.3 is 4.83 Å². The number of alkyl halides is 3. The van der Waals surface area contributed by atoms with Crippen molar-refractivity contribution in [1.29, 1.82) is 0 Å². The van der Waals surface area contributed by atoms with Crippen LogP contribution in [-0.4, -0.2) is 4.83 Å². The maximum Gasteiger partial charge on any atom is 0.312 e. The maximum absolute atomic E-state index is 11.5. The summed E-state index contributed by atoms with van der Waals surface area (Å²) in [6, 6.07) is 0. The minimum absolute atomic E-state index is 0.660. The van der Waals surface area contributed by atoms with E-state index in [1.807, 2.05) is 15.9 Å². The van der Waals surface area contributed by atoms with Crippen LogP contribution in [0.3, 0.4) is 0 Å². The van der Waals surface area contributed by atoms with Gasteiger partial charge in [-0.25, -0.2) is 0 Å². The van der Waals surface area contributed by atoms with Gasteiger partial charge in [-0.3, -0.25) is 0 Å². The fraction of sp³-hybridized carbons (Fsp3) is 0.500. The summed E-state index contributed by atoms with van der Waals surface area (Å²) < 4.78 is 22.9. The SMILES string of the molecule is [C]#CCC(F)(F)Br. The summed E-state index contributed by atoms with van der Waals surface area (Å²) in [4.78, 5) is -2.94. The molecule has 0 rings (SSSR count). The third-order valence-corrected chi connectivity index (χ3v) is 0.569. The summed E-state index contributed by atoms with van der Waals surface area (Å²) in [5.41, 5.74) is 0. The minimum Gasteiger partial charge on any atom is -0.193 e. The molecule has 0 heterocycles. The Kier molecular flexibility index (Phi) is 2.24. The van der Waals surface area contributed by atoms with Crippen LogP contribution in [0.2, 0.25) is 0 Å². The van der Waals surface area contributed by atoms with E-state index in [2.05, 4.69) is 0 Å². The monoisotopic (exact) mass is 167 g/mol. The smallest absolute Gasteiger partial charge is 0.193 e. The van der Waals surface area contributed by atoms with Crippen molar-refractivity contribution in [2.45, 2.75) is 11.3 Å². The topological polar surface area (TPSA) is 0 Å². The molecule has 0 N–H and O–H groups in total. The molecular weight excluding hydrogens is 166 g/mol. The maximum atomic E-state index is 11.5. The Labute approximate surface area is 49.0 Å². The van der Waals surface area contributed by atoms with Crippen molar-refractivity contribution in [3.8, 4) is 5.92 Å². The largest absolute Gasteiger partial charge is 0.312 e. The summed E-state index contributed by atoms with van der Waals surface area (Å²) in [6.45, 7) is 0. The Morgan fingerprint density at radius 2 is 2.14 bits per heavy atom. The van der Waals surface area contributed by atoms with Crippen molar-refractivity contribution in [2.24, 2.45) is 0 Å². The number of hydrogen-bond acceptors (Lipinski definition) is 0. The molecule has 0 aliphatic rings. The molecule has 3 heteroatoms. The highest BCUT2D eigenvalue weighted by molar-refractivity contribution is 9.10. The van der Waals surface area contributed by atoms with Crippen LogP contribution in [-0.2, 0) is 0 Å². The van der Waals surface area contributed by atoms with Crippen LogP contribution in [0.4, 0.5) is 8.78 Å². The lowest BCUT2D eigenvalue weighted by molar-refractivity contribution is 0.121. The normalized spacial score (nSPS) is 10.6. The van der Waals surface area contributed by atoms with Crippen LogP contribution < -0.4 is 0 Å². The predicted octanol–water partition coefficient (Wildman–Crippen LogP) is 1.95. The van der Waals surface area contributed by atoms with Gasteiger partial charge in [0.05, 0.1) is 6.42 Å². The first-order chi connectivity index (χ1) is 3.06. The molecule has 39 valence electrons. The molecule has 0 aromatic rings. The number of rotatable bonds is 1. The van der Waals surface area contributed by atoms with Crippen LogP contribution >= 0.6 is 15.9 Å². The van der Waals surface area contributed by atoms with Crippen LogP contribution in [0.5, 0.6) is 0 Å². The quantitative estimate of drug-likeness (QED) is 0.414. The molecule has 0 saturated heterocycles. The van der Waals surface area contributed by atoms with Gasteiger partial charge < -0.3 is 0 Å². The second-order valence-corrected chi connectivity index (χ2v) is 2.13. The summed E-state index contributed by atoms with van der Waals surface area (Å²) >= 11 is 2.02. The van der Waals surface area contributed by atoms with Gasteiger partial charge in [0.25, 0.3) is 0 Å². The van der Waals surface area contributed by atoms with Crippen LogP contribution in [0, 0.1) is 12.3 Å². The van der Waals surface area contributed by atoms with Crippen molar-refractivity contribution in [2.75, 3.05) is 0 Å². The van der Waals surface area contributed by atoms with Gasteiger partial charge in [0.2, 0.25) is 0 Å². The first kappa shape index (κ1) is 6.90. The average molecular weight is 168 g/mol. The first-order valence-corrected chi connectivity index (χ1v) is 2.32. The van der Waals surface area contributed by atoms with Gasteiger partial charge in [0.15, 0.2) is 0 Å². The Hall–Kier alpha value is -0.100. The van der Waals surface area contributed by atoms with Crippen LogP contribution in [0.1, 0.15) is 6.42 Å². The van der Waals surface area contributed by atoms with Gasteiger partial charge in [-0.2, -0.15) is 8.78 Å². The second kappa shape index (κ2) is 2.27. The molecule has 0 saturated carbocycles. The Balaban J connectivity index is 3.40. The van der Waals surface area contributed by atoms with E-state index in [9.17, 15) is 8.78 Å². The fourth-order valence-corrected chi connectivity index (χ4v) is 0.240. The summed E-state index contributed by atoms with van der Waals surface area (Å²) in [5.74, 6) is 1.56. The summed E-state index contributed by atoms with van der Waals surface area (Å²) in [7, 11) is 0. The van der Waals surface area contributed by atoms with E-state index in [0.717, 1.165) is 0 Å². The Morgan fingerprint density at radius 3 is 2.14 bits per heavy atom. The van der Waals surface area contributed by atoms with E-state index in [4.69, 9.17) is 6.42 Å². The highest BCUT2D eigenvalue weighted by Gasteiger charge is 2.21. The third kappa shape index (κ3) is 5.90. The molecule has 0 bridgehead atoms. The lowest BCUT2D eigenvalue weighted by Crippen LogP contribution is -2.00. The zero-order valence-corrected chi connectivity index (χ0v) is 4.93. The lowest BCUT2D eigenvalue weighted by Gasteiger charge is -1.98. The molecule has 0 unspecified atom stereocenters. The van der Waals surface area contributed by atoms with Gasteiger partial charge in [-0.15, -0.1) is 0 Å². The van der Waals surface area contributed by atoms with E-state index in [1.54, 1.807) is 5.92 Å². The summed E-state index contributed by atoms with van der Waals surface area (Å²) in [5, 5.41) is 0. The number of hydrogen-bond donors (Lipinski definition) is 0. The van der Waals surface area contributed by atoms with Crippen molar-refractivity contribution in [3.63, 3.8) is 0 Å². The van der Waals surface area contributed by atoms with E-state index >= 15 is 0 Å². The molecule has 0 amide bonds. The molecule has 0 aromatic heterocycles. The molecule has 0 fully saturated rings. The Bertz CT molecular complexity index is 86.8. The van der Waals surface area contributed by atoms with E-state index in [1.165, 1.54) is 0 Å². The van der Waals surface area contributed by atoms with Gasteiger partial charge in [0.1, 0.15) is 0 Å². The van der Waals surface area contributed by atoms with E-state index in [-0.39, 0.29) is 0 Å².